The van der Waals surface area contributed by atoms with Gasteiger partial charge in [0.25, 0.3) is 5.91 Å². The zero-order valence-electron chi connectivity index (χ0n) is 16.5. The second-order valence-corrected chi connectivity index (χ2v) is 6.06. The van der Waals surface area contributed by atoms with Gasteiger partial charge in [0.05, 0.1) is 34.0 Å². The van der Waals surface area contributed by atoms with Gasteiger partial charge in [0.2, 0.25) is 0 Å². The van der Waals surface area contributed by atoms with Crippen molar-refractivity contribution in [2.45, 2.75) is 26.3 Å². The fraction of sp³-hybridized carbons (Fsp3) is 0.381. The summed E-state index contributed by atoms with van der Waals surface area (Å²) in [5, 5.41) is 2.98. The van der Waals surface area contributed by atoms with Crippen molar-refractivity contribution in [1.82, 2.24) is 5.32 Å². The third-order valence-corrected chi connectivity index (χ3v) is 4.11. The number of rotatable bonds is 9. The molecule has 1 atom stereocenters. The first-order valence-corrected chi connectivity index (χ1v) is 8.87. The number of ether oxygens (including phenoxy) is 4. The molecule has 0 aliphatic rings. The highest BCUT2D eigenvalue weighted by atomic mass is 16.5. The highest BCUT2D eigenvalue weighted by molar-refractivity contribution is 5.95. The first-order chi connectivity index (χ1) is 13.0. The molecule has 146 valence electrons. The number of carbonyl (C=O) groups excluding carboxylic acids is 1. The van der Waals surface area contributed by atoms with E-state index in [9.17, 15) is 4.79 Å². The Balaban J connectivity index is 2.16. The molecule has 0 unspecified atom stereocenters. The van der Waals surface area contributed by atoms with Crippen LogP contribution >= 0.6 is 0 Å². The number of nitrogens with one attached hydrogen (secondary N) is 1. The van der Waals surface area contributed by atoms with Gasteiger partial charge in [-0.3, -0.25) is 4.79 Å². The Labute approximate surface area is 160 Å². The summed E-state index contributed by atoms with van der Waals surface area (Å²) in [7, 11) is 4.70. The molecule has 1 N–H and O–H groups in total. The largest absolute Gasteiger partial charge is 0.497 e. The molecule has 27 heavy (non-hydrogen) atoms. The Hall–Kier alpha value is -2.89. The van der Waals surface area contributed by atoms with E-state index >= 15 is 0 Å². The van der Waals surface area contributed by atoms with Crippen LogP contribution in [0.15, 0.2) is 36.4 Å². The number of hydrogen-bond donors (Lipinski definition) is 1. The van der Waals surface area contributed by atoms with Gasteiger partial charge in [-0.2, -0.15) is 0 Å². The number of hydrogen-bond acceptors (Lipinski definition) is 5. The van der Waals surface area contributed by atoms with E-state index in [0.29, 0.717) is 35.2 Å². The Morgan fingerprint density at radius 3 is 2.19 bits per heavy atom. The minimum absolute atomic E-state index is 0.218. The summed E-state index contributed by atoms with van der Waals surface area (Å²) in [4.78, 5) is 12.6. The van der Waals surface area contributed by atoms with Gasteiger partial charge >= 0.3 is 0 Å². The van der Waals surface area contributed by atoms with E-state index in [1.54, 1.807) is 39.5 Å². The summed E-state index contributed by atoms with van der Waals surface area (Å²) in [6.45, 7) is 4.59. The van der Waals surface area contributed by atoms with Gasteiger partial charge in [0, 0.05) is 11.6 Å². The zero-order chi connectivity index (χ0) is 19.8. The molecule has 0 aromatic heterocycles. The fourth-order valence-corrected chi connectivity index (χ4v) is 2.59. The second-order valence-electron chi connectivity index (χ2n) is 6.06. The molecule has 0 heterocycles. The van der Waals surface area contributed by atoms with Crippen LogP contribution in [0.4, 0.5) is 0 Å². The molecular formula is C21H27NO5. The first kappa shape index (κ1) is 20.4. The van der Waals surface area contributed by atoms with Crippen molar-refractivity contribution in [2.24, 2.45) is 0 Å². The van der Waals surface area contributed by atoms with Crippen LogP contribution in [0.25, 0.3) is 0 Å². The van der Waals surface area contributed by atoms with Gasteiger partial charge in [-0.25, -0.2) is 0 Å². The predicted octanol–water partition coefficient (Wildman–Crippen LogP) is 3.99. The van der Waals surface area contributed by atoms with E-state index in [1.165, 1.54) is 0 Å². The lowest BCUT2D eigenvalue weighted by atomic mass is 10.1. The van der Waals surface area contributed by atoms with Crippen molar-refractivity contribution in [2.75, 3.05) is 27.9 Å². The quantitative estimate of drug-likeness (QED) is 0.720. The molecule has 0 spiro atoms. The molecule has 0 aliphatic carbocycles. The van der Waals surface area contributed by atoms with Crippen LogP contribution in [-0.4, -0.2) is 33.8 Å². The molecule has 6 nitrogen and oxygen atoms in total. The molecule has 0 bridgehead atoms. The minimum Gasteiger partial charge on any atom is -0.497 e. The summed E-state index contributed by atoms with van der Waals surface area (Å²) in [5.74, 6) is 2.24. The Morgan fingerprint density at radius 1 is 0.963 bits per heavy atom. The number of carbonyl (C=O) groups is 1. The Bertz CT molecular complexity index is 753. The van der Waals surface area contributed by atoms with Gasteiger partial charge in [-0.15, -0.1) is 0 Å². The first-order valence-electron chi connectivity index (χ1n) is 8.87. The lowest BCUT2D eigenvalue weighted by molar-refractivity contribution is 0.0939. The smallest absolute Gasteiger partial charge is 0.252 e. The normalized spacial score (nSPS) is 11.4. The average molecular weight is 373 g/mol. The predicted molar refractivity (Wildman–Crippen MR) is 104 cm³/mol. The highest BCUT2D eigenvalue weighted by Gasteiger charge is 2.16. The highest BCUT2D eigenvalue weighted by Crippen LogP contribution is 2.31. The van der Waals surface area contributed by atoms with Crippen molar-refractivity contribution in [3.63, 3.8) is 0 Å². The molecule has 0 saturated carbocycles. The van der Waals surface area contributed by atoms with E-state index in [0.717, 1.165) is 12.0 Å². The van der Waals surface area contributed by atoms with Crippen LogP contribution in [0, 0.1) is 0 Å². The lowest BCUT2D eigenvalue weighted by Gasteiger charge is -2.17. The summed E-state index contributed by atoms with van der Waals surface area (Å²) in [5.41, 5.74) is 1.38. The van der Waals surface area contributed by atoms with Crippen LogP contribution in [0.1, 0.15) is 42.2 Å². The van der Waals surface area contributed by atoms with Crippen LogP contribution < -0.4 is 24.3 Å². The molecule has 6 heteroatoms. The standard InChI is InChI=1S/C21H27NO5/c1-6-9-27-19-8-7-15(12-20(19)26-5)14(2)22-21(23)16-10-17(24-3)13-18(11-16)25-4/h7-8,10-14H,6,9H2,1-5H3,(H,22,23)/t14-/m0/s1. The molecule has 2 aromatic rings. The number of amides is 1. The molecule has 1 amide bonds. The Kier molecular flexibility index (Phi) is 7.34. The number of benzene rings is 2. The van der Waals surface area contributed by atoms with Crippen molar-refractivity contribution < 1.29 is 23.7 Å². The molecule has 0 radical (unpaired) electrons. The minimum atomic E-state index is -0.219. The zero-order valence-corrected chi connectivity index (χ0v) is 16.5. The van der Waals surface area contributed by atoms with Gasteiger partial charge in [-0.05, 0) is 43.2 Å². The second kappa shape index (κ2) is 9.71. The molecular weight excluding hydrogens is 346 g/mol. The SMILES string of the molecule is CCCOc1ccc([C@H](C)NC(=O)c2cc(OC)cc(OC)c2)cc1OC. The van der Waals surface area contributed by atoms with Crippen molar-refractivity contribution in [3.05, 3.63) is 47.5 Å². The third kappa shape index (κ3) is 5.29. The van der Waals surface area contributed by atoms with Gasteiger partial charge in [0.15, 0.2) is 11.5 Å². The summed E-state index contributed by atoms with van der Waals surface area (Å²) >= 11 is 0. The summed E-state index contributed by atoms with van der Waals surface area (Å²) in [6, 6.07) is 10.5. The van der Waals surface area contributed by atoms with Crippen molar-refractivity contribution in [1.29, 1.82) is 0 Å². The lowest BCUT2D eigenvalue weighted by Crippen LogP contribution is -2.26. The van der Waals surface area contributed by atoms with E-state index in [1.807, 2.05) is 32.0 Å². The van der Waals surface area contributed by atoms with E-state index in [-0.39, 0.29) is 11.9 Å². The molecule has 2 aromatic carbocycles. The fourth-order valence-electron chi connectivity index (χ4n) is 2.59. The molecule has 0 saturated heterocycles. The average Bonchev–Trinajstić information content (AvgIpc) is 2.71. The van der Waals surface area contributed by atoms with Crippen LogP contribution in [0.5, 0.6) is 23.0 Å². The molecule has 0 fully saturated rings. The van der Waals surface area contributed by atoms with E-state index in [4.69, 9.17) is 18.9 Å². The van der Waals surface area contributed by atoms with Crippen LogP contribution in [-0.2, 0) is 0 Å². The topological polar surface area (TPSA) is 66.0 Å². The maximum Gasteiger partial charge on any atom is 0.252 e. The van der Waals surface area contributed by atoms with Gasteiger partial charge in [0.1, 0.15) is 11.5 Å². The van der Waals surface area contributed by atoms with Gasteiger partial charge < -0.3 is 24.3 Å². The maximum atomic E-state index is 12.6. The maximum absolute atomic E-state index is 12.6. The molecule has 2 rings (SSSR count). The van der Waals surface area contributed by atoms with Crippen LogP contribution in [0.2, 0.25) is 0 Å². The summed E-state index contributed by atoms with van der Waals surface area (Å²) in [6.07, 6.45) is 0.918. The number of methoxy groups -OCH3 is 3. The monoisotopic (exact) mass is 373 g/mol. The van der Waals surface area contributed by atoms with Gasteiger partial charge in [-0.1, -0.05) is 13.0 Å². The Morgan fingerprint density at radius 2 is 1.63 bits per heavy atom. The summed E-state index contributed by atoms with van der Waals surface area (Å²) < 4.78 is 21.5. The van der Waals surface area contributed by atoms with E-state index < -0.39 is 0 Å². The van der Waals surface area contributed by atoms with Crippen molar-refractivity contribution in [3.8, 4) is 23.0 Å². The van der Waals surface area contributed by atoms with E-state index in [2.05, 4.69) is 5.32 Å². The third-order valence-electron chi connectivity index (χ3n) is 4.11. The molecule has 0 aliphatic heterocycles. The van der Waals surface area contributed by atoms with Crippen molar-refractivity contribution >= 4 is 5.91 Å². The van der Waals surface area contributed by atoms with Crippen LogP contribution in [0.3, 0.4) is 0 Å².